The summed E-state index contributed by atoms with van der Waals surface area (Å²) in [5.74, 6) is 0.786. The van der Waals surface area contributed by atoms with Gasteiger partial charge in [0.1, 0.15) is 18.1 Å². The van der Waals surface area contributed by atoms with Crippen LogP contribution in [0.25, 0.3) is 18.2 Å². The molecular weight excluding hydrogens is 495 g/mol. The lowest BCUT2D eigenvalue weighted by Crippen LogP contribution is -2.17. The normalized spacial score (nSPS) is 15.0. The Hall–Kier alpha value is -2.29. The number of alkyl halides is 3. The number of hydrogen-bond donors (Lipinski definition) is 0. The second kappa shape index (κ2) is 10.8. The molecule has 1 aliphatic heterocycles. The van der Waals surface area contributed by atoms with E-state index in [-0.39, 0.29) is 13.0 Å². The van der Waals surface area contributed by atoms with Gasteiger partial charge in [0.25, 0.3) is 0 Å². The molecule has 0 atom stereocenters. The van der Waals surface area contributed by atoms with E-state index in [9.17, 15) is 13.4 Å². The number of aliphatic imine (C=N–C) groups is 1. The first-order valence-corrected chi connectivity index (χ1v) is 11.1. The van der Waals surface area contributed by atoms with Crippen molar-refractivity contribution in [2.75, 3.05) is 6.61 Å². The van der Waals surface area contributed by atoms with Crippen LogP contribution < -0.4 is 0 Å². The number of furan rings is 1. The summed E-state index contributed by atoms with van der Waals surface area (Å²) in [4.78, 5) is 16.2. The van der Waals surface area contributed by atoms with Crippen LogP contribution in [0.3, 0.4) is 0 Å². The SMILES string of the molecule is Cc1ccc(/C=C/c2cc(C)c(/C=C3/C=CC(CCC(=O)OCC(Cl)(Cl)Cl)=N3)n2B(F)F)o1. The van der Waals surface area contributed by atoms with E-state index in [1.54, 1.807) is 55.5 Å². The highest BCUT2D eigenvalue weighted by Gasteiger charge is 2.25. The van der Waals surface area contributed by atoms with Gasteiger partial charge in [0.15, 0.2) is 0 Å². The maximum Gasteiger partial charge on any atom is 0.678 e. The zero-order valence-electron chi connectivity index (χ0n) is 17.8. The number of carbonyl (C=O) groups excluding carboxylic acids is 1. The number of nitrogens with zero attached hydrogens (tertiary/aromatic N) is 2. The number of allylic oxidation sites excluding steroid dienone is 2. The summed E-state index contributed by atoms with van der Waals surface area (Å²) >= 11 is 16.6. The van der Waals surface area contributed by atoms with Crippen molar-refractivity contribution in [1.82, 2.24) is 4.48 Å². The predicted octanol–water partition coefficient (Wildman–Crippen LogP) is 6.69. The number of aromatic nitrogens is 1. The second-order valence-corrected chi connectivity index (χ2v) is 9.86. The Bertz CT molecular complexity index is 1140. The van der Waals surface area contributed by atoms with Crippen molar-refractivity contribution >= 4 is 72.1 Å². The summed E-state index contributed by atoms with van der Waals surface area (Å²) in [5, 5.41) is 0. The number of hydrogen-bond acceptors (Lipinski definition) is 4. The van der Waals surface area contributed by atoms with Gasteiger partial charge in [0, 0.05) is 23.5 Å². The summed E-state index contributed by atoms with van der Waals surface area (Å²) in [6.07, 6.45) is 8.58. The Morgan fingerprint density at radius 2 is 2.00 bits per heavy atom. The Kier molecular flexibility index (Phi) is 8.26. The second-order valence-electron chi connectivity index (χ2n) is 7.35. The van der Waals surface area contributed by atoms with Gasteiger partial charge in [-0.2, -0.15) is 0 Å². The lowest BCUT2D eigenvalue weighted by Gasteiger charge is -2.10. The molecular formula is C22H20BCl3F2N2O3. The number of esters is 1. The number of aryl methyl sites for hydroxylation is 2. The van der Waals surface area contributed by atoms with Crippen LogP contribution in [-0.2, 0) is 9.53 Å². The van der Waals surface area contributed by atoms with Gasteiger partial charge in [-0.3, -0.25) is 18.4 Å². The van der Waals surface area contributed by atoms with Crippen LogP contribution in [0.15, 0.2) is 45.5 Å². The first-order chi connectivity index (χ1) is 15.5. The summed E-state index contributed by atoms with van der Waals surface area (Å²) in [6.45, 7) is 3.22. The van der Waals surface area contributed by atoms with Gasteiger partial charge in [-0.25, -0.2) is 0 Å². The van der Waals surface area contributed by atoms with Crippen molar-refractivity contribution in [3.8, 4) is 0 Å². The highest BCUT2D eigenvalue weighted by atomic mass is 35.6. The lowest BCUT2D eigenvalue weighted by molar-refractivity contribution is -0.143. The molecule has 0 N–H and O–H groups in total. The fourth-order valence-corrected chi connectivity index (χ4v) is 3.34. The standard InChI is InChI=1S/C22H20BCl3F2N2O3/c1-14-11-18(7-9-19-8-3-15(2)33-19)30(23(27)28)20(14)12-17-5-4-16(29-17)6-10-21(31)32-13-22(24,25)26/h3-5,7-9,11-12H,6,10,13H2,1-2H3/b9-7+,17-12-. The molecule has 0 saturated carbocycles. The smallest absolute Gasteiger partial charge is 0.462 e. The zero-order valence-corrected chi connectivity index (χ0v) is 20.1. The van der Waals surface area contributed by atoms with Gasteiger partial charge in [-0.1, -0.05) is 34.8 Å². The zero-order chi connectivity index (χ0) is 24.2. The molecule has 0 saturated heterocycles. The number of halogens is 5. The number of rotatable bonds is 8. The van der Waals surface area contributed by atoms with Crippen molar-refractivity contribution in [2.45, 2.75) is 30.5 Å². The number of carbonyl (C=O) groups is 1. The third kappa shape index (κ3) is 7.35. The molecule has 0 aliphatic carbocycles. The monoisotopic (exact) mass is 514 g/mol. The molecule has 174 valence electrons. The maximum absolute atomic E-state index is 13.9. The molecule has 11 heteroatoms. The van der Waals surface area contributed by atoms with Crippen LogP contribution in [-0.4, -0.2) is 34.0 Å². The summed E-state index contributed by atoms with van der Waals surface area (Å²) in [6, 6.07) is 5.24. The fourth-order valence-electron chi connectivity index (χ4n) is 3.18. The first kappa shape index (κ1) is 25.3. The van der Waals surface area contributed by atoms with Crippen molar-refractivity contribution in [3.05, 3.63) is 64.5 Å². The third-order valence-electron chi connectivity index (χ3n) is 4.67. The fraction of sp³-hybridized carbons (Fsp3) is 0.273. The van der Waals surface area contributed by atoms with Crippen molar-refractivity contribution in [3.63, 3.8) is 0 Å². The van der Waals surface area contributed by atoms with E-state index >= 15 is 0 Å². The average molecular weight is 516 g/mol. The van der Waals surface area contributed by atoms with Crippen molar-refractivity contribution in [1.29, 1.82) is 0 Å². The Balaban J connectivity index is 1.73. The van der Waals surface area contributed by atoms with Gasteiger partial charge in [-0.15, -0.1) is 0 Å². The lowest BCUT2D eigenvalue weighted by atomic mass is 10.1. The molecule has 0 amide bonds. The Morgan fingerprint density at radius 3 is 2.64 bits per heavy atom. The molecule has 0 fully saturated rings. The van der Waals surface area contributed by atoms with Gasteiger partial charge in [0.2, 0.25) is 3.79 Å². The molecule has 0 aromatic carbocycles. The topological polar surface area (TPSA) is 56.7 Å². The third-order valence-corrected chi connectivity index (χ3v) is 4.99. The maximum atomic E-state index is 13.9. The van der Waals surface area contributed by atoms with E-state index in [1.165, 1.54) is 0 Å². The molecule has 33 heavy (non-hydrogen) atoms. The van der Waals surface area contributed by atoms with Gasteiger partial charge < -0.3 is 13.6 Å². The van der Waals surface area contributed by atoms with Crippen molar-refractivity contribution in [2.24, 2.45) is 4.99 Å². The predicted molar refractivity (Wildman–Crippen MR) is 130 cm³/mol. The van der Waals surface area contributed by atoms with E-state index in [2.05, 4.69) is 4.99 Å². The van der Waals surface area contributed by atoms with E-state index in [0.717, 1.165) is 10.2 Å². The minimum atomic E-state index is -2.75. The summed E-state index contributed by atoms with van der Waals surface area (Å²) in [7, 11) is -2.75. The molecule has 1 aliphatic rings. The van der Waals surface area contributed by atoms with E-state index < -0.39 is 17.2 Å². The van der Waals surface area contributed by atoms with Gasteiger partial charge in [0.05, 0.1) is 12.1 Å². The van der Waals surface area contributed by atoms with E-state index in [1.807, 2.05) is 6.92 Å². The largest absolute Gasteiger partial charge is 0.678 e. The first-order valence-electron chi connectivity index (χ1n) is 9.96. The molecule has 5 nitrogen and oxygen atoms in total. The van der Waals surface area contributed by atoms with E-state index in [4.69, 9.17) is 44.0 Å². The molecule has 0 spiro atoms. The highest BCUT2D eigenvalue weighted by Crippen LogP contribution is 2.27. The average Bonchev–Trinajstić information content (AvgIpc) is 3.42. The minimum absolute atomic E-state index is 0.0465. The molecule has 3 heterocycles. The Morgan fingerprint density at radius 1 is 1.24 bits per heavy atom. The quantitative estimate of drug-likeness (QED) is 0.224. The molecule has 0 unspecified atom stereocenters. The summed E-state index contributed by atoms with van der Waals surface area (Å²) < 4.78 is 37.4. The Labute approximate surface area is 205 Å². The van der Waals surface area contributed by atoms with Crippen LogP contribution in [0.1, 0.15) is 41.3 Å². The van der Waals surface area contributed by atoms with Crippen molar-refractivity contribution < 1.29 is 22.6 Å². The number of ether oxygens (including phenoxy) is 1. The molecule has 0 bridgehead atoms. The van der Waals surface area contributed by atoms with Crippen LogP contribution in [0.5, 0.6) is 0 Å². The van der Waals surface area contributed by atoms with Crippen LogP contribution in [0, 0.1) is 13.8 Å². The van der Waals surface area contributed by atoms with Gasteiger partial charge >= 0.3 is 13.4 Å². The summed E-state index contributed by atoms with van der Waals surface area (Å²) in [5.41, 5.74) is 2.47. The van der Waals surface area contributed by atoms with E-state index in [0.29, 0.717) is 40.5 Å². The van der Waals surface area contributed by atoms with Crippen LogP contribution in [0.2, 0.25) is 0 Å². The molecule has 2 aromatic rings. The minimum Gasteiger partial charge on any atom is -0.462 e. The molecule has 3 rings (SSSR count). The van der Waals surface area contributed by atoms with Crippen LogP contribution in [0.4, 0.5) is 8.63 Å². The molecule has 2 aromatic heterocycles. The van der Waals surface area contributed by atoms with Gasteiger partial charge in [-0.05, 0) is 68.0 Å². The molecule has 0 radical (unpaired) electrons. The highest BCUT2D eigenvalue weighted by molar-refractivity contribution is 6.67. The van der Waals surface area contributed by atoms with Crippen LogP contribution >= 0.6 is 34.8 Å².